The Morgan fingerprint density at radius 3 is 2.43 bits per heavy atom. The van der Waals surface area contributed by atoms with Crippen molar-refractivity contribution in [3.05, 3.63) is 35.4 Å². The number of amides is 1. The van der Waals surface area contributed by atoms with Crippen LogP contribution >= 0.6 is 0 Å². The minimum atomic E-state index is -0.813. The second kappa shape index (κ2) is 6.16. The molecule has 1 aromatic carbocycles. The molecule has 0 bridgehead atoms. The standard InChI is InChI=1S/C16H23N3O2/c1-11(2)13-6-4-12(5-7-13)10-18-15(20)16(8-3-9-16)14(17)19-21/h4-7,11,21H,3,8-10H2,1-2H3,(H2,17,19)(H,18,20). The topological polar surface area (TPSA) is 87.7 Å². The fourth-order valence-electron chi connectivity index (χ4n) is 2.60. The van der Waals surface area contributed by atoms with Crippen LogP contribution in [0.1, 0.15) is 50.2 Å². The van der Waals surface area contributed by atoms with Crippen molar-refractivity contribution in [1.29, 1.82) is 0 Å². The lowest BCUT2D eigenvalue weighted by atomic mass is 9.67. The summed E-state index contributed by atoms with van der Waals surface area (Å²) in [6.07, 6.45) is 2.20. The quantitative estimate of drug-likeness (QED) is 0.336. The smallest absolute Gasteiger partial charge is 0.234 e. The van der Waals surface area contributed by atoms with Gasteiger partial charge in [0.05, 0.1) is 0 Å². The number of nitrogens with zero attached hydrogens (tertiary/aromatic N) is 1. The third kappa shape index (κ3) is 3.01. The van der Waals surface area contributed by atoms with Crippen molar-refractivity contribution >= 4 is 11.7 Å². The van der Waals surface area contributed by atoms with Crippen molar-refractivity contribution in [3.63, 3.8) is 0 Å². The predicted octanol–water partition coefficient (Wildman–Crippen LogP) is 2.34. The minimum Gasteiger partial charge on any atom is -0.409 e. The first-order valence-electron chi connectivity index (χ1n) is 7.35. The molecule has 0 aromatic heterocycles. The molecule has 0 atom stereocenters. The van der Waals surface area contributed by atoms with Crippen LogP contribution < -0.4 is 11.1 Å². The maximum atomic E-state index is 12.3. The minimum absolute atomic E-state index is 0.0152. The van der Waals surface area contributed by atoms with E-state index >= 15 is 0 Å². The van der Waals surface area contributed by atoms with Crippen LogP contribution in [0, 0.1) is 5.41 Å². The highest BCUT2D eigenvalue weighted by Crippen LogP contribution is 2.41. The van der Waals surface area contributed by atoms with Crippen LogP contribution in [-0.2, 0) is 11.3 Å². The number of benzene rings is 1. The van der Waals surface area contributed by atoms with Gasteiger partial charge in [0.1, 0.15) is 5.41 Å². The highest BCUT2D eigenvalue weighted by atomic mass is 16.4. The molecule has 0 saturated heterocycles. The van der Waals surface area contributed by atoms with Crippen LogP contribution in [0.25, 0.3) is 0 Å². The van der Waals surface area contributed by atoms with E-state index < -0.39 is 5.41 Å². The van der Waals surface area contributed by atoms with Crippen LogP contribution in [0.3, 0.4) is 0 Å². The number of hydrogen-bond donors (Lipinski definition) is 3. The van der Waals surface area contributed by atoms with Gasteiger partial charge in [0, 0.05) is 6.54 Å². The number of amidine groups is 1. The lowest BCUT2D eigenvalue weighted by Crippen LogP contribution is -2.53. The molecule has 0 heterocycles. The fraction of sp³-hybridized carbons (Fsp3) is 0.500. The Morgan fingerprint density at radius 1 is 1.38 bits per heavy atom. The molecule has 1 aromatic rings. The van der Waals surface area contributed by atoms with Gasteiger partial charge in [-0.05, 0) is 29.9 Å². The molecule has 5 nitrogen and oxygen atoms in total. The molecule has 2 rings (SSSR count). The van der Waals surface area contributed by atoms with Gasteiger partial charge in [0.2, 0.25) is 5.91 Å². The second-order valence-corrected chi connectivity index (χ2v) is 6.00. The molecule has 0 radical (unpaired) electrons. The van der Waals surface area contributed by atoms with E-state index in [-0.39, 0.29) is 11.7 Å². The number of hydrogen-bond acceptors (Lipinski definition) is 3. The van der Waals surface area contributed by atoms with Gasteiger partial charge < -0.3 is 16.3 Å². The summed E-state index contributed by atoms with van der Waals surface area (Å²) in [4.78, 5) is 12.3. The van der Waals surface area contributed by atoms with Crippen molar-refractivity contribution < 1.29 is 10.0 Å². The Bertz CT molecular complexity index is 531. The first kappa shape index (κ1) is 15.4. The van der Waals surface area contributed by atoms with E-state index in [0.717, 1.165) is 12.0 Å². The lowest BCUT2D eigenvalue weighted by molar-refractivity contribution is -0.131. The van der Waals surface area contributed by atoms with E-state index in [9.17, 15) is 4.79 Å². The van der Waals surface area contributed by atoms with Gasteiger partial charge in [-0.3, -0.25) is 4.79 Å². The molecule has 21 heavy (non-hydrogen) atoms. The molecule has 1 saturated carbocycles. The van der Waals surface area contributed by atoms with Crippen LogP contribution in [0.2, 0.25) is 0 Å². The number of oxime groups is 1. The number of carbonyl (C=O) groups is 1. The number of nitrogens with one attached hydrogen (secondary N) is 1. The summed E-state index contributed by atoms with van der Waals surface area (Å²) >= 11 is 0. The zero-order valence-electron chi connectivity index (χ0n) is 12.6. The average Bonchev–Trinajstić information content (AvgIpc) is 2.44. The summed E-state index contributed by atoms with van der Waals surface area (Å²) in [6.45, 7) is 4.75. The van der Waals surface area contributed by atoms with Crippen molar-refractivity contribution in [3.8, 4) is 0 Å². The van der Waals surface area contributed by atoms with E-state index in [4.69, 9.17) is 10.9 Å². The van der Waals surface area contributed by atoms with Gasteiger partial charge in [-0.1, -0.05) is 49.7 Å². The van der Waals surface area contributed by atoms with Crippen molar-refractivity contribution in [2.24, 2.45) is 16.3 Å². The second-order valence-electron chi connectivity index (χ2n) is 6.00. The molecule has 1 aliphatic carbocycles. The van der Waals surface area contributed by atoms with Crippen LogP contribution in [0.15, 0.2) is 29.4 Å². The number of nitrogens with two attached hydrogens (primary N) is 1. The van der Waals surface area contributed by atoms with E-state index in [1.54, 1.807) is 0 Å². The number of rotatable bonds is 5. The van der Waals surface area contributed by atoms with E-state index in [0.29, 0.717) is 25.3 Å². The van der Waals surface area contributed by atoms with Gasteiger partial charge in [0.15, 0.2) is 5.84 Å². The molecule has 1 fully saturated rings. The Hall–Kier alpha value is -2.04. The summed E-state index contributed by atoms with van der Waals surface area (Å²) < 4.78 is 0. The zero-order chi connectivity index (χ0) is 15.5. The van der Waals surface area contributed by atoms with E-state index in [2.05, 4.69) is 36.5 Å². The third-order valence-corrected chi connectivity index (χ3v) is 4.34. The average molecular weight is 289 g/mol. The van der Waals surface area contributed by atoms with Gasteiger partial charge in [0.25, 0.3) is 0 Å². The lowest BCUT2D eigenvalue weighted by Gasteiger charge is -2.38. The summed E-state index contributed by atoms with van der Waals surface area (Å²) in [7, 11) is 0. The molecular formula is C16H23N3O2. The van der Waals surface area contributed by atoms with Crippen LogP contribution in [0.5, 0.6) is 0 Å². The highest BCUT2D eigenvalue weighted by Gasteiger charge is 2.48. The fourth-order valence-corrected chi connectivity index (χ4v) is 2.60. The normalized spacial score (nSPS) is 17.4. The first-order chi connectivity index (χ1) is 9.99. The molecule has 0 spiro atoms. The maximum absolute atomic E-state index is 12.3. The first-order valence-corrected chi connectivity index (χ1v) is 7.35. The molecule has 1 amide bonds. The zero-order valence-corrected chi connectivity index (χ0v) is 12.6. The molecule has 114 valence electrons. The van der Waals surface area contributed by atoms with Crippen LogP contribution in [0.4, 0.5) is 0 Å². The Kier molecular flexibility index (Phi) is 4.50. The van der Waals surface area contributed by atoms with Gasteiger partial charge in [-0.15, -0.1) is 0 Å². The predicted molar refractivity (Wildman–Crippen MR) is 82.1 cm³/mol. The van der Waals surface area contributed by atoms with Gasteiger partial charge in [-0.25, -0.2) is 0 Å². The largest absolute Gasteiger partial charge is 0.409 e. The summed E-state index contributed by atoms with van der Waals surface area (Å²) in [5.41, 5.74) is 7.18. The van der Waals surface area contributed by atoms with Crippen molar-refractivity contribution in [2.45, 2.75) is 45.6 Å². The van der Waals surface area contributed by atoms with Crippen molar-refractivity contribution in [2.75, 3.05) is 0 Å². The SMILES string of the molecule is CC(C)c1ccc(CNC(=O)C2(/C(N)=N/O)CCC2)cc1. The molecule has 4 N–H and O–H groups in total. The van der Waals surface area contributed by atoms with Crippen molar-refractivity contribution in [1.82, 2.24) is 5.32 Å². The molecule has 0 unspecified atom stereocenters. The Morgan fingerprint density at radius 2 is 2.00 bits per heavy atom. The van der Waals surface area contributed by atoms with E-state index in [1.807, 2.05) is 12.1 Å². The maximum Gasteiger partial charge on any atom is 0.234 e. The Labute approximate surface area is 125 Å². The molecule has 0 aliphatic heterocycles. The Balaban J connectivity index is 1.98. The summed E-state index contributed by atoms with van der Waals surface area (Å²) in [5, 5.41) is 14.8. The van der Waals surface area contributed by atoms with Crippen LogP contribution in [-0.4, -0.2) is 17.0 Å². The molecule has 5 heteroatoms. The monoisotopic (exact) mass is 289 g/mol. The summed E-state index contributed by atoms with van der Waals surface area (Å²) in [5.74, 6) is 0.353. The van der Waals surface area contributed by atoms with Gasteiger partial charge >= 0.3 is 0 Å². The van der Waals surface area contributed by atoms with Gasteiger partial charge in [-0.2, -0.15) is 0 Å². The number of carbonyl (C=O) groups excluding carboxylic acids is 1. The van der Waals surface area contributed by atoms with E-state index in [1.165, 1.54) is 5.56 Å². The third-order valence-electron chi connectivity index (χ3n) is 4.34. The molecular weight excluding hydrogens is 266 g/mol. The molecule has 1 aliphatic rings. The summed E-state index contributed by atoms with van der Waals surface area (Å²) in [6, 6.07) is 8.20. The highest BCUT2D eigenvalue weighted by molar-refractivity contribution is 6.07.